The zero-order valence-corrected chi connectivity index (χ0v) is 15.7. The maximum atomic E-state index is 12.6. The third kappa shape index (κ3) is 5.87. The molecular formula is C16H16Cl2F3NO2S. The number of thiazole rings is 1. The van der Waals surface area contributed by atoms with E-state index in [2.05, 4.69) is 4.98 Å². The van der Waals surface area contributed by atoms with Gasteiger partial charge in [-0.25, -0.2) is 4.98 Å². The second kappa shape index (κ2) is 9.40. The van der Waals surface area contributed by atoms with E-state index in [4.69, 9.17) is 28.3 Å². The van der Waals surface area contributed by atoms with Gasteiger partial charge in [-0.3, -0.25) is 4.79 Å². The lowest BCUT2D eigenvalue weighted by molar-refractivity contribution is -0.139. The number of carbonyl (C=O) groups is 1. The quantitative estimate of drug-likeness (QED) is 0.625. The van der Waals surface area contributed by atoms with Gasteiger partial charge < -0.3 is 5.11 Å². The molecule has 25 heavy (non-hydrogen) atoms. The average Bonchev–Trinajstić information content (AvgIpc) is 2.98. The number of benzene rings is 1. The van der Waals surface area contributed by atoms with Gasteiger partial charge in [-0.2, -0.15) is 13.2 Å². The van der Waals surface area contributed by atoms with Crippen LogP contribution in [0.4, 0.5) is 13.2 Å². The van der Waals surface area contributed by atoms with E-state index in [0.717, 1.165) is 17.0 Å². The molecular weight excluding hydrogens is 398 g/mol. The van der Waals surface area contributed by atoms with E-state index in [1.807, 2.05) is 6.92 Å². The molecule has 0 fully saturated rings. The Morgan fingerprint density at radius 1 is 1.28 bits per heavy atom. The van der Waals surface area contributed by atoms with Crippen LogP contribution < -0.4 is 0 Å². The van der Waals surface area contributed by atoms with Gasteiger partial charge in [0.25, 0.3) is 0 Å². The maximum absolute atomic E-state index is 12.6. The molecule has 2 aromatic rings. The molecule has 0 aliphatic rings. The van der Waals surface area contributed by atoms with Crippen molar-refractivity contribution in [3.05, 3.63) is 40.4 Å². The molecule has 1 unspecified atom stereocenters. The van der Waals surface area contributed by atoms with Crippen molar-refractivity contribution in [2.75, 3.05) is 5.34 Å². The summed E-state index contributed by atoms with van der Waals surface area (Å²) in [6, 6.07) is 4.72. The summed E-state index contributed by atoms with van der Waals surface area (Å²) in [5.41, 5.74) is 0.314. The minimum Gasteiger partial charge on any atom is -0.481 e. The number of nitrogens with zero attached hydrogens (tertiary/aromatic N) is 1. The summed E-state index contributed by atoms with van der Waals surface area (Å²) in [4.78, 5) is 16.3. The summed E-state index contributed by atoms with van der Waals surface area (Å²) in [7, 11) is 0. The van der Waals surface area contributed by atoms with Crippen molar-refractivity contribution in [3.8, 4) is 10.6 Å². The number of halogens is 5. The maximum Gasteiger partial charge on any atom is 0.416 e. The van der Waals surface area contributed by atoms with E-state index in [1.165, 1.54) is 23.5 Å². The molecule has 1 N–H and O–H groups in total. The molecule has 0 bridgehead atoms. The summed E-state index contributed by atoms with van der Waals surface area (Å²) >= 11 is 10.8. The van der Waals surface area contributed by atoms with E-state index >= 15 is 0 Å². The highest BCUT2D eigenvalue weighted by molar-refractivity contribution is 7.15. The van der Waals surface area contributed by atoms with Gasteiger partial charge in [0.05, 0.1) is 22.5 Å². The monoisotopic (exact) mass is 413 g/mol. The Morgan fingerprint density at radius 3 is 2.20 bits per heavy atom. The van der Waals surface area contributed by atoms with Gasteiger partial charge in [-0.15, -0.1) is 34.5 Å². The van der Waals surface area contributed by atoms with Crippen LogP contribution in [0.1, 0.15) is 35.9 Å². The molecule has 0 amide bonds. The van der Waals surface area contributed by atoms with Gasteiger partial charge in [-0.05, 0) is 25.5 Å². The normalized spacial score (nSPS) is 12.3. The van der Waals surface area contributed by atoms with Crippen molar-refractivity contribution in [1.29, 1.82) is 0 Å². The lowest BCUT2D eigenvalue weighted by Gasteiger charge is -2.06. The van der Waals surface area contributed by atoms with Crippen molar-refractivity contribution in [3.63, 3.8) is 0 Å². The third-order valence-electron chi connectivity index (χ3n) is 3.29. The predicted molar refractivity (Wildman–Crippen MR) is 94.6 cm³/mol. The minimum atomic E-state index is -4.38. The molecule has 9 heteroatoms. The molecule has 138 valence electrons. The van der Waals surface area contributed by atoms with Crippen LogP contribution in [0.2, 0.25) is 0 Å². The molecule has 0 spiro atoms. The van der Waals surface area contributed by atoms with Crippen molar-refractivity contribution in [1.82, 2.24) is 4.98 Å². The number of hydrogen-bond acceptors (Lipinski definition) is 3. The van der Waals surface area contributed by atoms with E-state index in [-0.39, 0.29) is 5.34 Å². The van der Waals surface area contributed by atoms with Gasteiger partial charge in [0.2, 0.25) is 0 Å². The van der Waals surface area contributed by atoms with Gasteiger partial charge in [0.15, 0.2) is 0 Å². The molecule has 3 nitrogen and oxygen atoms in total. The van der Waals surface area contributed by atoms with Gasteiger partial charge in [-0.1, -0.05) is 19.1 Å². The van der Waals surface area contributed by atoms with E-state index in [1.54, 1.807) is 6.92 Å². The molecule has 0 radical (unpaired) electrons. The molecule has 2 rings (SSSR count). The lowest BCUT2D eigenvalue weighted by Crippen LogP contribution is -2.09. The standard InChI is InChI=1S/C15H14F3NO2S.CH2Cl2/c1-3-11-12(8(2)14(20)21)19-13(22-11)9-4-6-10(7-5-9)15(16,17)18;2-1-3/h4-8H,3H2,1-2H3,(H,20,21);1H2. The fourth-order valence-electron chi connectivity index (χ4n) is 2.00. The topological polar surface area (TPSA) is 50.2 Å². The largest absolute Gasteiger partial charge is 0.481 e. The van der Waals surface area contributed by atoms with E-state index in [0.29, 0.717) is 22.7 Å². The predicted octanol–water partition coefficient (Wildman–Crippen LogP) is 6.00. The van der Waals surface area contributed by atoms with Crippen molar-refractivity contribution < 1.29 is 23.1 Å². The molecule has 1 aromatic heterocycles. The number of carboxylic acid groups (broad SMARTS) is 1. The van der Waals surface area contributed by atoms with Crippen LogP contribution in [0.3, 0.4) is 0 Å². The van der Waals surface area contributed by atoms with E-state index in [9.17, 15) is 18.0 Å². The highest BCUT2D eigenvalue weighted by Gasteiger charge is 2.30. The Balaban J connectivity index is 0.000000970. The highest BCUT2D eigenvalue weighted by atomic mass is 35.5. The van der Waals surface area contributed by atoms with Crippen LogP contribution >= 0.6 is 34.5 Å². The van der Waals surface area contributed by atoms with Crippen LogP contribution in [0.15, 0.2) is 24.3 Å². The first-order chi connectivity index (χ1) is 11.6. The molecule has 0 aliphatic heterocycles. The van der Waals surface area contributed by atoms with Crippen LogP contribution in [0.25, 0.3) is 10.6 Å². The van der Waals surface area contributed by atoms with Gasteiger partial charge >= 0.3 is 12.1 Å². The van der Waals surface area contributed by atoms with Crippen LogP contribution in [-0.2, 0) is 17.4 Å². The molecule has 1 atom stereocenters. The number of aryl methyl sites for hydroxylation is 1. The first kappa shape index (κ1) is 21.7. The Bertz CT molecular complexity index is 702. The van der Waals surface area contributed by atoms with Crippen molar-refractivity contribution in [2.24, 2.45) is 0 Å². The number of hydrogen-bond donors (Lipinski definition) is 1. The van der Waals surface area contributed by atoms with Crippen LogP contribution in [0.5, 0.6) is 0 Å². The molecule has 0 saturated carbocycles. The number of rotatable bonds is 4. The zero-order valence-electron chi connectivity index (χ0n) is 13.4. The molecule has 0 saturated heterocycles. The minimum absolute atomic E-state index is 0.194. The number of aromatic nitrogens is 1. The molecule has 0 aliphatic carbocycles. The molecule has 1 aromatic carbocycles. The summed E-state index contributed by atoms with van der Waals surface area (Å²) < 4.78 is 37.7. The Kier molecular flexibility index (Phi) is 8.18. The smallest absolute Gasteiger partial charge is 0.416 e. The number of alkyl halides is 5. The second-order valence-corrected chi connectivity index (χ2v) is 6.81. The van der Waals surface area contributed by atoms with E-state index < -0.39 is 23.6 Å². The van der Waals surface area contributed by atoms with Gasteiger partial charge in [0, 0.05) is 10.4 Å². The average molecular weight is 414 g/mol. The third-order valence-corrected chi connectivity index (χ3v) is 4.55. The van der Waals surface area contributed by atoms with Crippen molar-refractivity contribution in [2.45, 2.75) is 32.4 Å². The first-order valence-corrected chi connectivity index (χ1v) is 9.06. The summed E-state index contributed by atoms with van der Waals surface area (Å²) in [6.07, 6.45) is -3.75. The van der Waals surface area contributed by atoms with Crippen LogP contribution in [-0.4, -0.2) is 21.4 Å². The fraction of sp³-hybridized carbons (Fsp3) is 0.375. The fourth-order valence-corrected chi connectivity index (χ4v) is 3.10. The number of carboxylic acids is 1. The zero-order chi connectivity index (χ0) is 19.2. The van der Waals surface area contributed by atoms with Crippen LogP contribution in [0, 0.1) is 0 Å². The number of aliphatic carboxylic acids is 1. The summed E-state index contributed by atoms with van der Waals surface area (Å²) in [6.45, 7) is 3.44. The highest BCUT2D eigenvalue weighted by Crippen LogP contribution is 2.34. The Labute approximate surface area is 157 Å². The SMILES string of the molecule is CCc1sc(-c2ccc(C(F)(F)F)cc2)nc1C(C)C(=O)O.ClCCl. The Hall–Kier alpha value is -1.31. The first-order valence-electron chi connectivity index (χ1n) is 7.17. The molecule has 1 heterocycles. The lowest BCUT2D eigenvalue weighted by atomic mass is 10.1. The Morgan fingerprint density at radius 2 is 1.80 bits per heavy atom. The van der Waals surface area contributed by atoms with Crippen molar-refractivity contribution >= 4 is 40.5 Å². The summed E-state index contributed by atoms with van der Waals surface area (Å²) in [5.74, 6) is -1.71. The second-order valence-electron chi connectivity index (χ2n) is 4.92. The summed E-state index contributed by atoms with van der Waals surface area (Å²) in [5, 5.41) is 9.83. The van der Waals surface area contributed by atoms with Gasteiger partial charge in [0.1, 0.15) is 5.01 Å².